The second-order valence-electron chi connectivity index (χ2n) is 6.20. The predicted octanol–water partition coefficient (Wildman–Crippen LogP) is 3.84. The fourth-order valence-electron chi connectivity index (χ4n) is 2.40. The normalized spacial score (nSPS) is 11.8. The zero-order chi connectivity index (χ0) is 18.4. The van der Waals surface area contributed by atoms with Crippen LogP contribution >= 0.6 is 0 Å². The molecule has 1 atom stereocenters. The van der Waals surface area contributed by atoms with E-state index in [1.54, 1.807) is 31.2 Å². The molecule has 0 spiro atoms. The third kappa shape index (κ3) is 5.35. The summed E-state index contributed by atoms with van der Waals surface area (Å²) in [5.74, 6) is -0.271. The minimum atomic E-state index is -0.948. The van der Waals surface area contributed by atoms with Crippen molar-refractivity contribution in [2.45, 2.75) is 39.2 Å². The first-order valence-electron chi connectivity index (χ1n) is 8.24. The number of carbonyl (C=O) groups excluding carboxylic acids is 1. The summed E-state index contributed by atoms with van der Waals surface area (Å²) in [5.41, 5.74) is 2.18. The lowest BCUT2D eigenvalue weighted by atomic mass is 10.0. The number of hydrogen-bond donors (Lipinski definition) is 2. The van der Waals surface area contributed by atoms with Crippen molar-refractivity contribution >= 4 is 17.6 Å². The van der Waals surface area contributed by atoms with E-state index in [-0.39, 0.29) is 12.3 Å². The monoisotopic (exact) mass is 341 g/mol. The molecule has 0 aliphatic heterocycles. The number of anilines is 1. The molecule has 132 valence electrons. The Kier molecular flexibility index (Phi) is 6.17. The van der Waals surface area contributed by atoms with E-state index in [1.165, 1.54) is 0 Å². The average molecular weight is 341 g/mol. The Labute approximate surface area is 147 Å². The van der Waals surface area contributed by atoms with Crippen LogP contribution in [-0.4, -0.2) is 23.1 Å². The Bertz CT molecular complexity index is 755. The molecule has 0 saturated heterocycles. The fourth-order valence-corrected chi connectivity index (χ4v) is 2.40. The van der Waals surface area contributed by atoms with Gasteiger partial charge in [0.05, 0.1) is 6.42 Å². The van der Waals surface area contributed by atoms with Crippen LogP contribution in [0.3, 0.4) is 0 Å². The molecular weight excluding hydrogens is 318 g/mol. The first-order chi connectivity index (χ1) is 11.9. The van der Waals surface area contributed by atoms with Gasteiger partial charge in [-0.05, 0) is 42.2 Å². The number of rotatable bonds is 7. The molecule has 5 heteroatoms. The lowest BCUT2D eigenvalue weighted by Gasteiger charge is -2.17. The molecule has 0 bridgehead atoms. The lowest BCUT2D eigenvalue weighted by Crippen LogP contribution is -2.30. The second-order valence-corrected chi connectivity index (χ2v) is 6.20. The van der Waals surface area contributed by atoms with E-state index in [1.807, 2.05) is 24.3 Å². The number of amides is 1. The van der Waals surface area contributed by atoms with Gasteiger partial charge >= 0.3 is 5.97 Å². The maximum absolute atomic E-state index is 12.4. The number of carboxylic acid groups (broad SMARTS) is 1. The van der Waals surface area contributed by atoms with Crippen molar-refractivity contribution in [2.24, 2.45) is 0 Å². The Morgan fingerprint density at radius 3 is 2.48 bits per heavy atom. The van der Waals surface area contributed by atoms with Crippen LogP contribution < -0.4 is 10.1 Å². The minimum Gasteiger partial charge on any atom is -0.481 e. The quantitative estimate of drug-likeness (QED) is 0.802. The molecule has 2 aromatic carbocycles. The van der Waals surface area contributed by atoms with Crippen LogP contribution in [0.5, 0.6) is 5.75 Å². The van der Waals surface area contributed by atoms with Gasteiger partial charge in [-0.2, -0.15) is 0 Å². The average Bonchev–Trinajstić information content (AvgIpc) is 2.56. The van der Waals surface area contributed by atoms with Crippen LogP contribution in [0, 0.1) is 0 Å². The Morgan fingerprint density at radius 2 is 1.80 bits per heavy atom. The maximum Gasteiger partial charge on any atom is 0.307 e. The third-order valence-electron chi connectivity index (χ3n) is 3.82. The Morgan fingerprint density at radius 1 is 1.08 bits per heavy atom. The molecule has 0 saturated carbocycles. The number of carboxylic acids is 1. The van der Waals surface area contributed by atoms with Crippen molar-refractivity contribution in [1.82, 2.24) is 0 Å². The van der Waals surface area contributed by atoms with Crippen LogP contribution in [0.2, 0.25) is 0 Å². The number of para-hydroxylation sites is 1. The summed E-state index contributed by atoms with van der Waals surface area (Å²) in [6.07, 6.45) is -0.859. The van der Waals surface area contributed by atoms with Gasteiger partial charge in [0.25, 0.3) is 5.91 Å². The van der Waals surface area contributed by atoms with Gasteiger partial charge in [-0.3, -0.25) is 9.59 Å². The highest BCUT2D eigenvalue weighted by Gasteiger charge is 2.17. The highest BCUT2D eigenvalue weighted by atomic mass is 16.5. The zero-order valence-electron chi connectivity index (χ0n) is 14.7. The largest absolute Gasteiger partial charge is 0.481 e. The van der Waals surface area contributed by atoms with Crippen LogP contribution in [0.15, 0.2) is 48.5 Å². The summed E-state index contributed by atoms with van der Waals surface area (Å²) in [7, 11) is 0. The number of ether oxygens (including phenoxy) is 1. The van der Waals surface area contributed by atoms with Crippen molar-refractivity contribution in [3.05, 3.63) is 59.7 Å². The van der Waals surface area contributed by atoms with Gasteiger partial charge in [0.15, 0.2) is 6.10 Å². The van der Waals surface area contributed by atoms with Crippen LogP contribution in [0.25, 0.3) is 0 Å². The SMILES string of the molecule is CC(Oc1cccc(C(C)C)c1)C(=O)Nc1ccccc1CC(=O)O. The molecule has 0 aromatic heterocycles. The van der Waals surface area contributed by atoms with Crippen LogP contribution in [-0.2, 0) is 16.0 Å². The summed E-state index contributed by atoms with van der Waals surface area (Å²) in [6, 6.07) is 14.5. The first-order valence-corrected chi connectivity index (χ1v) is 8.24. The Balaban J connectivity index is 2.06. The molecule has 0 aliphatic carbocycles. The summed E-state index contributed by atoms with van der Waals surface area (Å²) in [5, 5.41) is 11.7. The third-order valence-corrected chi connectivity index (χ3v) is 3.82. The minimum absolute atomic E-state index is 0.151. The molecule has 2 aromatic rings. The summed E-state index contributed by atoms with van der Waals surface area (Å²) in [6.45, 7) is 5.85. The number of nitrogens with one attached hydrogen (secondary N) is 1. The summed E-state index contributed by atoms with van der Waals surface area (Å²) >= 11 is 0. The van der Waals surface area contributed by atoms with E-state index >= 15 is 0 Å². The molecule has 5 nitrogen and oxygen atoms in total. The molecule has 0 radical (unpaired) electrons. The van der Waals surface area contributed by atoms with Crippen LogP contribution in [0.1, 0.15) is 37.8 Å². The van der Waals surface area contributed by atoms with E-state index in [0.29, 0.717) is 22.9 Å². The van der Waals surface area contributed by atoms with Crippen molar-refractivity contribution < 1.29 is 19.4 Å². The first kappa shape index (κ1) is 18.5. The van der Waals surface area contributed by atoms with Crippen molar-refractivity contribution in [3.63, 3.8) is 0 Å². The molecule has 1 amide bonds. The lowest BCUT2D eigenvalue weighted by molar-refractivity contribution is -0.136. The molecule has 0 aliphatic rings. The predicted molar refractivity (Wildman–Crippen MR) is 97.0 cm³/mol. The highest BCUT2D eigenvalue weighted by molar-refractivity contribution is 5.95. The number of benzene rings is 2. The topological polar surface area (TPSA) is 75.6 Å². The summed E-state index contributed by atoms with van der Waals surface area (Å²) < 4.78 is 5.73. The van der Waals surface area contributed by atoms with E-state index in [9.17, 15) is 9.59 Å². The van der Waals surface area contributed by atoms with Crippen molar-refractivity contribution in [3.8, 4) is 5.75 Å². The Hall–Kier alpha value is -2.82. The fraction of sp³-hybridized carbons (Fsp3) is 0.300. The van der Waals surface area contributed by atoms with Crippen LogP contribution in [0.4, 0.5) is 5.69 Å². The molecule has 0 heterocycles. The standard InChI is InChI=1S/C20H23NO4/c1-13(2)15-8-6-9-17(11-15)25-14(3)20(24)21-18-10-5-4-7-16(18)12-19(22)23/h4-11,13-14H,12H2,1-3H3,(H,21,24)(H,22,23). The number of carbonyl (C=O) groups is 2. The highest BCUT2D eigenvalue weighted by Crippen LogP contribution is 2.22. The number of aliphatic carboxylic acids is 1. The van der Waals surface area contributed by atoms with Gasteiger partial charge in [-0.1, -0.05) is 44.2 Å². The van der Waals surface area contributed by atoms with E-state index in [0.717, 1.165) is 5.56 Å². The van der Waals surface area contributed by atoms with E-state index in [2.05, 4.69) is 19.2 Å². The molecular formula is C20H23NO4. The van der Waals surface area contributed by atoms with Crippen molar-refractivity contribution in [1.29, 1.82) is 0 Å². The smallest absolute Gasteiger partial charge is 0.307 e. The van der Waals surface area contributed by atoms with Gasteiger partial charge in [-0.25, -0.2) is 0 Å². The van der Waals surface area contributed by atoms with Gasteiger partial charge < -0.3 is 15.2 Å². The second kappa shape index (κ2) is 8.33. The van der Waals surface area contributed by atoms with Crippen molar-refractivity contribution in [2.75, 3.05) is 5.32 Å². The summed E-state index contributed by atoms with van der Waals surface area (Å²) in [4.78, 5) is 23.3. The molecule has 2 rings (SSSR count). The maximum atomic E-state index is 12.4. The number of hydrogen-bond acceptors (Lipinski definition) is 3. The van der Waals surface area contributed by atoms with E-state index < -0.39 is 12.1 Å². The van der Waals surface area contributed by atoms with Gasteiger partial charge in [0, 0.05) is 5.69 Å². The molecule has 25 heavy (non-hydrogen) atoms. The van der Waals surface area contributed by atoms with Gasteiger partial charge in [0.2, 0.25) is 0 Å². The molecule has 2 N–H and O–H groups in total. The van der Waals surface area contributed by atoms with E-state index in [4.69, 9.17) is 9.84 Å². The van der Waals surface area contributed by atoms with Gasteiger partial charge in [-0.15, -0.1) is 0 Å². The van der Waals surface area contributed by atoms with Gasteiger partial charge in [0.1, 0.15) is 5.75 Å². The zero-order valence-corrected chi connectivity index (χ0v) is 14.7. The molecule has 1 unspecified atom stereocenters. The molecule has 0 fully saturated rings.